The Morgan fingerprint density at radius 3 is 2.33 bits per heavy atom. The molecule has 4 aromatic rings. The standard InChI is InChI=1S/C36H36BrN5O6/c1-45-31-18-24(19-32(20-31)46-2)22-39-35(44)36(21-27-6-3-4-7-28(27)23-40-42-38)33(25-8-12-29(37)13-9-25)48-34(41-36)26-10-14-30(15-11-26)47-17-5-16-43/h3-4,6-15,18-20,33,43H,5,16-17,21-23H2,1-2H3,(H,39,44)/t33-,36-/m1/s1. The van der Waals surface area contributed by atoms with Crippen molar-refractivity contribution in [3.63, 3.8) is 0 Å². The number of nitrogens with zero attached hydrogens (tertiary/aromatic N) is 4. The summed E-state index contributed by atoms with van der Waals surface area (Å²) in [5.74, 6) is 1.79. The third-order valence-electron chi connectivity index (χ3n) is 7.95. The third-order valence-corrected chi connectivity index (χ3v) is 8.48. The molecular formula is C36H36BrN5O6. The van der Waals surface area contributed by atoms with Gasteiger partial charge in [0.25, 0.3) is 5.91 Å². The molecule has 0 saturated carbocycles. The molecule has 2 N–H and O–H groups in total. The maximum absolute atomic E-state index is 14.7. The summed E-state index contributed by atoms with van der Waals surface area (Å²) in [5.41, 5.74) is 11.4. The van der Waals surface area contributed by atoms with Crippen LogP contribution in [0.1, 0.15) is 40.3 Å². The molecule has 248 valence electrons. The van der Waals surface area contributed by atoms with Gasteiger partial charge < -0.3 is 29.4 Å². The predicted octanol–water partition coefficient (Wildman–Crippen LogP) is 6.85. The van der Waals surface area contributed by atoms with E-state index in [0.717, 1.165) is 26.7 Å². The number of amides is 1. The van der Waals surface area contributed by atoms with Gasteiger partial charge in [-0.25, -0.2) is 4.99 Å². The molecule has 12 heteroatoms. The highest BCUT2D eigenvalue weighted by molar-refractivity contribution is 9.10. The molecular weight excluding hydrogens is 678 g/mol. The lowest BCUT2D eigenvalue weighted by atomic mass is 9.81. The van der Waals surface area contributed by atoms with Gasteiger partial charge in [-0.15, -0.1) is 0 Å². The molecule has 2 atom stereocenters. The fourth-order valence-electron chi connectivity index (χ4n) is 5.51. The highest BCUT2D eigenvalue weighted by Crippen LogP contribution is 2.43. The number of carbonyl (C=O) groups is 1. The molecule has 0 bridgehead atoms. The van der Waals surface area contributed by atoms with Crippen LogP contribution in [-0.2, 0) is 29.0 Å². The lowest BCUT2D eigenvalue weighted by Gasteiger charge is -2.31. The van der Waals surface area contributed by atoms with Crippen LogP contribution in [0, 0.1) is 0 Å². The van der Waals surface area contributed by atoms with Gasteiger partial charge in [-0.1, -0.05) is 57.4 Å². The first kappa shape index (κ1) is 34.3. The highest BCUT2D eigenvalue weighted by Gasteiger charge is 2.53. The van der Waals surface area contributed by atoms with E-state index < -0.39 is 11.6 Å². The first-order chi connectivity index (χ1) is 23.4. The van der Waals surface area contributed by atoms with Gasteiger partial charge in [0.05, 0.1) is 27.4 Å². The minimum atomic E-state index is -1.46. The summed E-state index contributed by atoms with van der Waals surface area (Å²) in [6, 6.07) is 27.9. The van der Waals surface area contributed by atoms with Crippen molar-refractivity contribution in [1.82, 2.24) is 5.32 Å². The van der Waals surface area contributed by atoms with Gasteiger partial charge in [0, 0.05) is 47.0 Å². The number of azide groups is 1. The van der Waals surface area contributed by atoms with E-state index in [1.807, 2.05) is 72.8 Å². The van der Waals surface area contributed by atoms with Crippen LogP contribution in [0.15, 0.2) is 106 Å². The van der Waals surface area contributed by atoms with E-state index in [1.54, 1.807) is 32.4 Å². The Morgan fingerprint density at radius 1 is 1.00 bits per heavy atom. The molecule has 11 nitrogen and oxygen atoms in total. The largest absolute Gasteiger partial charge is 0.497 e. The number of aliphatic hydroxyl groups excluding tert-OH is 1. The Bertz CT molecular complexity index is 1770. The predicted molar refractivity (Wildman–Crippen MR) is 185 cm³/mol. The monoisotopic (exact) mass is 713 g/mol. The number of methoxy groups -OCH3 is 2. The number of nitrogens with one attached hydrogen (secondary N) is 1. The van der Waals surface area contributed by atoms with Gasteiger partial charge in [0.15, 0.2) is 11.6 Å². The summed E-state index contributed by atoms with van der Waals surface area (Å²) in [7, 11) is 3.14. The van der Waals surface area contributed by atoms with Crippen molar-refractivity contribution in [1.29, 1.82) is 0 Å². The molecule has 0 radical (unpaired) electrons. The molecule has 1 amide bonds. The average Bonchev–Trinajstić information content (AvgIpc) is 3.51. The Morgan fingerprint density at radius 2 is 1.69 bits per heavy atom. The van der Waals surface area contributed by atoms with E-state index in [2.05, 4.69) is 31.3 Å². The van der Waals surface area contributed by atoms with E-state index >= 15 is 0 Å². The zero-order valence-corrected chi connectivity index (χ0v) is 28.2. The number of benzene rings is 4. The average molecular weight is 715 g/mol. The second kappa shape index (κ2) is 16.2. The van der Waals surface area contributed by atoms with Crippen molar-refractivity contribution in [2.75, 3.05) is 27.4 Å². The lowest BCUT2D eigenvalue weighted by molar-refractivity contribution is -0.129. The molecule has 0 saturated heterocycles. The minimum absolute atomic E-state index is 0.0433. The molecule has 0 aliphatic carbocycles. The quantitative estimate of drug-likeness (QED) is 0.0596. The van der Waals surface area contributed by atoms with Crippen molar-refractivity contribution < 1.29 is 28.8 Å². The van der Waals surface area contributed by atoms with Gasteiger partial charge in [-0.2, -0.15) is 0 Å². The molecule has 0 aromatic heterocycles. The molecule has 1 heterocycles. The van der Waals surface area contributed by atoms with E-state index in [-0.39, 0.29) is 32.0 Å². The third kappa shape index (κ3) is 8.09. The SMILES string of the molecule is COc1cc(CNC(=O)[C@]2(Cc3ccccc3CN=[N+]=[N-])N=C(c3ccc(OCCCO)cc3)O[C@@H]2c2ccc(Br)cc2)cc(OC)c1. The number of carbonyl (C=O) groups excluding carboxylic acids is 1. The van der Waals surface area contributed by atoms with E-state index in [0.29, 0.717) is 41.7 Å². The van der Waals surface area contributed by atoms with Crippen molar-refractivity contribution >= 4 is 27.7 Å². The maximum atomic E-state index is 14.7. The number of aliphatic hydroxyl groups is 1. The van der Waals surface area contributed by atoms with Crippen LogP contribution < -0.4 is 19.5 Å². The molecule has 5 rings (SSSR count). The molecule has 4 aromatic carbocycles. The first-order valence-corrected chi connectivity index (χ1v) is 16.1. The van der Waals surface area contributed by atoms with E-state index in [9.17, 15) is 4.79 Å². The normalized spacial score (nSPS) is 16.7. The second-order valence-electron chi connectivity index (χ2n) is 11.1. The maximum Gasteiger partial charge on any atom is 0.252 e. The van der Waals surface area contributed by atoms with E-state index in [4.69, 9.17) is 34.6 Å². The summed E-state index contributed by atoms with van der Waals surface area (Å²) in [5, 5.41) is 16.0. The van der Waals surface area contributed by atoms with Gasteiger partial charge in [-0.3, -0.25) is 4.79 Å². The van der Waals surface area contributed by atoms with Crippen LogP contribution in [-0.4, -0.2) is 49.9 Å². The van der Waals surface area contributed by atoms with Crippen molar-refractivity contribution in [2.24, 2.45) is 10.1 Å². The zero-order valence-electron chi connectivity index (χ0n) is 26.6. The summed E-state index contributed by atoms with van der Waals surface area (Å²) in [6.07, 6.45) is -0.133. The summed E-state index contributed by atoms with van der Waals surface area (Å²) >= 11 is 3.52. The number of hydrogen-bond donors (Lipinski definition) is 2. The summed E-state index contributed by atoms with van der Waals surface area (Å²) in [4.78, 5) is 22.8. The fourth-order valence-corrected chi connectivity index (χ4v) is 5.77. The Balaban J connectivity index is 1.59. The second-order valence-corrected chi connectivity index (χ2v) is 12.0. The topological polar surface area (TPSA) is 147 Å². The smallest absolute Gasteiger partial charge is 0.252 e. The molecule has 1 aliphatic heterocycles. The molecule has 1 aliphatic rings. The molecule has 0 unspecified atom stereocenters. The number of hydrogen-bond acceptors (Lipinski definition) is 8. The van der Waals surface area contributed by atoms with Gasteiger partial charge in [0.2, 0.25) is 5.90 Å². The Kier molecular flexibility index (Phi) is 11.6. The molecule has 48 heavy (non-hydrogen) atoms. The number of aliphatic imine (C=N–C) groups is 1. The fraction of sp³-hybridized carbons (Fsp3) is 0.278. The zero-order chi connectivity index (χ0) is 33.9. The van der Waals surface area contributed by atoms with Crippen LogP contribution >= 0.6 is 15.9 Å². The number of ether oxygens (including phenoxy) is 4. The number of rotatable bonds is 15. The van der Waals surface area contributed by atoms with Crippen LogP contribution in [0.5, 0.6) is 17.2 Å². The summed E-state index contributed by atoms with van der Waals surface area (Å²) in [6.45, 7) is 0.719. The Labute approximate surface area is 287 Å². The Hall–Kier alpha value is -5.03. The minimum Gasteiger partial charge on any atom is -0.497 e. The molecule has 0 spiro atoms. The lowest BCUT2D eigenvalue weighted by Crippen LogP contribution is -2.49. The highest BCUT2D eigenvalue weighted by atomic mass is 79.9. The van der Waals surface area contributed by atoms with Gasteiger partial charge in [-0.05, 0) is 76.3 Å². The van der Waals surface area contributed by atoms with Crippen LogP contribution in [0.25, 0.3) is 10.4 Å². The van der Waals surface area contributed by atoms with Crippen LogP contribution in [0.4, 0.5) is 0 Å². The summed E-state index contributed by atoms with van der Waals surface area (Å²) < 4.78 is 24.1. The number of halogens is 1. The van der Waals surface area contributed by atoms with Gasteiger partial charge in [0.1, 0.15) is 17.2 Å². The van der Waals surface area contributed by atoms with E-state index in [1.165, 1.54) is 0 Å². The van der Waals surface area contributed by atoms with Crippen molar-refractivity contribution in [3.8, 4) is 17.2 Å². The first-order valence-electron chi connectivity index (χ1n) is 15.3. The van der Waals surface area contributed by atoms with Crippen LogP contribution in [0.3, 0.4) is 0 Å². The van der Waals surface area contributed by atoms with Gasteiger partial charge >= 0.3 is 0 Å². The molecule has 0 fully saturated rings. The van der Waals surface area contributed by atoms with Crippen molar-refractivity contribution in [3.05, 3.63) is 134 Å². The van der Waals surface area contributed by atoms with Crippen LogP contribution in [0.2, 0.25) is 0 Å². The van der Waals surface area contributed by atoms with Crippen molar-refractivity contribution in [2.45, 2.75) is 37.6 Å².